The highest BCUT2D eigenvalue weighted by molar-refractivity contribution is 5.98. The average molecular weight is 448 g/mol. The molecule has 1 amide bonds. The van der Waals surface area contributed by atoms with E-state index in [1.807, 2.05) is 10.8 Å². The molecule has 11 heteroatoms. The number of amides is 1. The van der Waals surface area contributed by atoms with Crippen LogP contribution in [-0.4, -0.2) is 45.1 Å². The summed E-state index contributed by atoms with van der Waals surface area (Å²) in [7, 11) is 1.52. The van der Waals surface area contributed by atoms with Crippen LogP contribution in [0.15, 0.2) is 49.2 Å². The molecule has 0 saturated heterocycles. The van der Waals surface area contributed by atoms with Crippen LogP contribution in [-0.2, 0) is 6.54 Å². The summed E-state index contributed by atoms with van der Waals surface area (Å²) in [5, 5.41) is 9.73. The molecule has 0 bridgehead atoms. The molecule has 2 unspecified atom stereocenters. The molecular weight excluding hydrogens is 425 g/mol. The van der Waals surface area contributed by atoms with Crippen molar-refractivity contribution in [3.63, 3.8) is 0 Å². The molecule has 2 aromatic heterocycles. The lowest BCUT2D eigenvalue weighted by Gasteiger charge is -2.34. The number of imidazole rings is 1. The summed E-state index contributed by atoms with van der Waals surface area (Å²) in [5.41, 5.74) is 0.749. The topological polar surface area (TPSA) is 86.0 Å². The van der Waals surface area contributed by atoms with E-state index in [0.717, 1.165) is 4.68 Å². The number of rotatable bonds is 7. The summed E-state index contributed by atoms with van der Waals surface area (Å²) in [6, 6.07) is 4.34. The van der Waals surface area contributed by atoms with Crippen molar-refractivity contribution in [2.45, 2.75) is 37.6 Å². The Morgan fingerprint density at radius 2 is 2.09 bits per heavy atom. The molecule has 2 N–H and O–H groups in total. The zero-order valence-corrected chi connectivity index (χ0v) is 17.3. The number of anilines is 1. The van der Waals surface area contributed by atoms with E-state index in [4.69, 9.17) is 4.74 Å². The summed E-state index contributed by atoms with van der Waals surface area (Å²) in [5.74, 6) is 0.199. The first-order valence-electron chi connectivity index (χ1n) is 10.2. The van der Waals surface area contributed by atoms with E-state index in [0.29, 0.717) is 30.8 Å². The van der Waals surface area contributed by atoms with Gasteiger partial charge in [0, 0.05) is 31.9 Å². The summed E-state index contributed by atoms with van der Waals surface area (Å²) < 4.78 is 49.3. The molecule has 1 aliphatic rings. The van der Waals surface area contributed by atoms with Crippen LogP contribution in [0.4, 0.5) is 19.0 Å². The summed E-state index contributed by atoms with van der Waals surface area (Å²) in [6.45, 7) is 1.03. The standard InChI is InChI=1S/C21H23F3N6O2/c1-32-15-5-3-14(4-6-15)17-11-18(21(22,23)24)30-19(28-17)16(12-27-30)20(31)26-7-2-9-29-10-8-25-13-29/h3-6,8,10,12-13,17-18,28H,2,7,9,11H2,1H3,(H,26,31). The maximum absolute atomic E-state index is 13.8. The maximum atomic E-state index is 13.8. The predicted octanol–water partition coefficient (Wildman–Crippen LogP) is 3.57. The molecule has 0 radical (unpaired) electrons. The van der Waals surface area contributed by atoms with Crippen molar-refractivity contribution >= 4 is 11.7 Å². The number of nitrogens with zero attached hydrogens (tertiary/aromatic N) is 4. The van der Waals surface area contributed by atoms with Crippen LogP contribution < -0.4 is 15.4 Å². The van der Waals surface area contributed by atoms with E-state index < -0.39 is 24.2 Å². The number of aryl methyl sites for hydroxylation is 1. The van der Waals surface area contributed by atoms with Gasteiger partial charge in [0.2, 0.25) is 0 Å². The van der Waals surface area contributed by atoms with Crippen molar-refractivity contribution in [1.29, 1.82) is 0 Å². The third-order valence-corrected chi connectivity index (χ3v) is 5.44. The van der Waals surface area contributed by atoms with Crippen molar-refractivity contribution in [3.8, 4) is 5.75 Å². The minimum atomic E-state index is -4.51. The zero-order chi connectivity index (χ0) is 22.7. The fourth-order valence-corrected chi connectivity index (χ4v) is 3.76. The first-order valence-corrected chi connectivity index (χ1v) is 10.2. The molecule has 0 fully saturated rings. The van der Waals surface area contributed by atoms with E-state index in [1.54, 1.807) is 36.8 Å². The molecule has 4 rings (SSSR count). The second kappa shape index (κ2) is 8.93. The summed E-state index contributed by atoms with van der Waals surface area (Å²) in [6.07, 6.45) is 2.25. The molecule has 3 heterocycles. The zero-order valence-electron chi connectivity index (χ0n) is 17.3. The highest BCUT2D eigenvalue weighted by Gasteiger charge is 2.47. The van der Waals surface area contributed by atoms with Crippen molar-refractivity contribution in [2.75, 3.05) is 19.0 Å². The number of alkyl halides is 3. The lowest BCUT2D eigenvalue weighted by molar-refractivity contribution is -0.173. The Morgan fingerprint density at radius 3 is 2.75 bits per heavy atom. The largest absolute Gasteiger partial charge is 0.497 e. The van der Waals surface area contributed by atoms with Gasteiger partial charge in [0.1, 0.15) is 17.1 Å². The molecule has 170 valence electrons. The molecule has 0 spiro atoms. The molecule has 2 atom stereocenters. The second-order valence-electron chi connectivity index (χ2n) is 7.52. The maximum Gasteiger partial charge on any atom is 0.410 e. The number of nitrogens with one attached hydrogen (secondary N) is 2. The number of carbonyl (C=O) groups excluding carboxylic acids is 1. The number of benzene rings is 1. The number of fused-ring (bicyclic) bond motifs is 1. The fourth-order valence-electron chi connectivity index (χ4n) is 3.76. The van der Waals surface area contributed by atoms with Crippen molar-refractivity contribution in [2.24, 2.45) is 0 Å². The first kappa shape index (κ1) is 21.7. The van der Waals surface area contributed by atoms with Gasteiger partial charge in [-0.3, -0.25) is 4.79 Å². The Morgan fingerprint density at radius 1 is 1.31 bits per heavy atom. The van der Waals surface area contributed by atoms with Crippen molar-refractivity contribution in [1.82, 2.24) is 24.6 Å². The third-order valence-electron chi connectivity index (χ3n) is 5.44. The van der Waals surface area contributed by atoms with Crippen LogP contribution in [0.25, 0.3) is 0 Å². The monoisotopic (exact) mass is 448 g/mol. The van der Waals surface area contributed by atoms with E-state index in [9.17, 15) is 18.0 Å². The molecule has 0 aliphatic carbocycles. The second-order valence-corrected chi connectivity index (χ2v) is 7.52. The smallest absolute Gasteiger partial charge is 0.410 e. The fraction of sp³-hybridized carbons (Fsp3) is 0.381. The van der Waals surface area contributed by atoms with Gasteiger partial charge in [-0.05, 0) is 24.1 Å². The molecule has 1 aromatic carbocycles. The van der Waals surface area contributed by atoms with Gasteiger partial charge in [0.25, 0.3) is 5.91 Å². The minimum Gasteiger partial charge on any atom is -0.497 e. The Labute approximate surface area is 182 Å². The highest BCUT2D eigenvalue weighted by Crippen LogP contribution is 2.44. The van der Waals surface area contributed by atoms with Crippen LogP contribution in [0.5, 0.6) is 5.75 Å². The lowest BCUT2D eigenvalue weighted by atomic mass is 9.96. The number of methoxy groups -OCH3 is 1. The molecule has 0 saturated carbocycles. The molecule has 1 aliphatic heterocycles. The van der Waals surface area contributed by atoms with Gasteiger partial charge in [-0.1, -0.05) is 12.1 Å². The van der Waals surface area contributed by atoms with Gasteiger partial charge < -0.3 is 19.9 Å². The van der Waals surface area contributed by atoms with Crippen LogP contribution >= 0.6 is 0 Å². The molecular formula is C21H23F3N6O2. The van der Waals surface area contributed by atoms with Gasteiger partial charge in [-0.2, -0.15) is 18.3 Å². The summed E-state index contributed by atoms with van der Waals surface area (Å²) >= 11 is 0. The van der Waals surface area contributed by atoms with Gasteiger partial charge in [0.15, 0.2) is 6.04 Å². The van der Waals surface area contributed by atoms with E-state index in [-0.39, 0.29) is 17.8 Å². The Bertz CT molecular complexity index is 1050. The van der Waals surface area contributed by atoms with E-state index in [1.165, 1.54) is 13.3 Å². The van der Waals surface area contributed by atoms with Crippen LogP contribution in [0, 0.1) is 0 Å². The SMILES string of the molecule is COc1ccc(C2CC(C(F)(F)F)n3ncc(C(=O)NCCCn4ccnc4)c3N2)cc1. The summed E-state index contributed by atoms with van der Waals surface area (Å²) in [4.78, 5) is 16.7. The number of aromatic nitrogens is 4. The van der Waals surface area contributed by atoms with Gasteiger partial charge in [-0.25, -0.2) is 9.67 Å². The van der Waals surface area contributed by atoms with Crippen LogP contribution in [0.1, 0.15) is 40.8 Å². The Kier molecular flexibility index (Phi) is 6.06. The highest BCUT2D eigenvalue weighted by atomic mass is 19.4. The number of hydrogen-bond acceptors (Lipinski definition) is 5. The number of hydrogen-bond donors (Lipinski definition) is 2. The first-order chi connectivity index (χ1) is 15.4. The lowest BCUT2D eigenvalue weighted by Crippen LogP contribution is -2.36. The molecule has 3 aromatic rings. The normalized spacial score (nSPS) is 18.0. The van der Waals surface area contributed by atoms with Gasteiger partial charge in [-0.15, -0.1) is 0 Å². The van der Waals surface area contributed by atoms with E-state index >= 15 is 0 Å². The number of carbonyl (C=O) groups is 1. The van der Waals surface area contributed by atoms with Crippen molar-refractivity contribution in [3.05, 3.63) is 60.3 Å². The van der Waals surface area contributed by atoms with Crippen LogP contribution in [0.2, 0.25) is 0 Å². The quantitative estimate of drug-likeness (QED) is 0.540. The minimum absolute atomic E-state index is 0.0616. The average Bonchev–Trinajstić information content (AvgIpc) is 3.45. The third kappa shape index (κ3) is 4.56. The molecule has 32 heavy (non-hydrogen) atoms. The van der Waals surface area contributed by atoms with Gasteiger partial charge >= 0.3 is 6.18 Å². The Hall–Kier alpha value is -3.50. The Balaban J connectivity index is 1.51. The number of halogens is 3. The van der Waals surface area contributed by atoms with Crippen molar-refractivity contribution < 1.29 is 22.7 Å². The van der Waals surface area contributed by atoms with E-state index in [2.05, 4.69) is 20.7 Å². The molecule has 8 nitrogen and oxygen atoms in total. The number of ether oxygens (including phenoxy) is 1. The van der Waals surface area contributed by atoms with Crippen LogP contribution in [0.3, 0.4) is 0 Å². The van der Waals surface area contributed by atoms with Gasteiger partial charge in [0.05, 0.1) is 25.7 Å². The predicted molar refractivity (Wildman–Crippen MR) is 110 cm³/mol.